The average molecular weight is 318 g/mol. The number of aliphatic hydroxyl groups excluding tert-OH is 2. The fourth-order valence-corrected chi connectivity index (χ4v) is 2.21. The van der Waals surface area contributed by atoms with Crippen LogP contribution in [-0.4, -0.2) is 38.5 Å². The van der Waals surface area contributed by atoms with Crippen molar-refractivity contribution in [3.05, 3.63) is 68.5 Å². The molecule has 0 spiro atoms. The second kappa shape index (κ2) is 7.17. The highest BCUT2D eigenvalue weighted by atomic mass is 16.3. The molecule has 0 bridgehead atoms. The standard InChI is InChI=1S/C16H18N2O5/c1-11-7-17(8-12(9-19)10-20)16(23)18(14(11)21)15(22)13-5-3-2-4-6-13/h2-7,12,19-20H,8-10H2,1H3. The number of benzene rings is 1. The van der Waals surface area contributed by atoms with Gasteiger partial charge in [0, 0.05) is 43.0 Å². The average Bonchev–Trinajstić information content (AvgIpc) is 2.57. The van der Waals surface area contributed by atoms with Crippen LogP contribution in [0.25, 0.3) is 0 Å². The van der Waals surface area contributed by atoms with Gasteiger partial charge in [-0.05, 0) is 19.1 Å². The van der Waals surface area contributed by atoms with E-state index in [-0.39, 0.29) is 30.9 Å². The van der Waals surface area contributed by atoms with E-state index in [1.807, 2.05) is 0 Å². The van der Waals surface area contributed by atoms with Crippen LogP contribution >= 0.6 is 0 Å². The lowest BCUT2D eigenvalue weighted by Gasteiger charge is -2.15. The summed E-state index contributed by atoms with van der Waals surface area (Å²) in [6.45, 7) is 0.885. The van der Waals surface area contributed by atoms with Gasteiger partial charge in [-0.15, -0.1) is 0 Å². The van der Waals surface area contributed by atoms with E-state index < -0.39 is 23.1 Å². The maximum atomic E-state index is 12.5. The lowest BCUT2D eigenvalue weighted by molar-refractivity contribution is 0.0945. The summed E-state index contributed by atoms with van der Waals surface area (Å²) in [5.74, 6) is -1.26. The van der Waals surface area contributed by atoms with Crippen molar-refractivity contribution in [1.29, 1.82) is 0 Å². The Balaban J connectivity index is 2.56. The number of hydrogen-bond donors (Lipinski definition) is 2. The summed E-state index contributed by atoms with van der Waals surface area (Å²) >= 11 is 0. The normalized spacial score (nSPS) is 11.0. The fraction of sp³-hybridized carbons (Fsp3) is 0.312. The Labute approximate surface area is 132 Å². The van der Waals surface area contributed by atoms with Crippen molar-refractivity contribution in [3.63, 3.8) is 0 Å². The summed E-state index contributed by atoms with van der Waals surface area (Å²) in [4.78, 5) is 37.1. The molecule has 0 aliphatic heterocycles. The van der Waals surface area contributed by atoms with Gasteiger partial charge in [0.15, 0.2) is 0 Å². The molecule has 1 aromatic heterocycles. The highest BCUT2D eigenvalue weighted by Gasteiger charge is 2.18. The van der Waals surface area contributed by atoms with Crippen LogP contribution in [-0.2, 0) is 6.54 Å². The molecule has 0 saturated carbocycles. The van der Waals surface area contributed by atoms with Crippen molar-refractivity contribution < 1.29 is 15.0 Å². The predicted molar refractivity (Wildman–Crippen MR) is 83.5 cm³/mol. The zero-order valence-corrected chi connectivity index (χ0v) is 12.7. The summed E-state index contributed by atoms with van der Waals surface area (Å²) < 4.78 is 1.74. The smallest absolute Gasteiger partial charge is 0.338 e. The molecule has 0 unspecified atom stereocenters. The van der Waals surface area contributed by atoms with Gasteiger partial charge in [0.05, 0.1) is 0 Å². The maximum absolute atomic E-state index is 12.5. The van der Waals surface area contributed by atoms with Crippen molar-refractivity contribution in [1.82, 2.24) is 9.13 Å². The van der Waals surface area contributed by atoms with Crippen molar-refractivity contribution in [2.24, 2.45) is 5.92 Å². The monoisotopic (exact) mass is 318 g/mol. The highest BCUT2D eigenvalue weighted by molar-refractivity contribution is 5.95. The molecule has 0 radical (unpaired) electrons. The largest absolute Gasteiger partial charge is 0.396 e. The first kappa shape index (κ1) is 16.9. The van der Waals surface area contributed by atoms with E-state index >= 15 is 0 Å². The summed E-state index contributed by atoms with van der Waals surface area (Å²) in [5.41, 5.74) is -1.01. The molecule has 0 fully saturated rings. The number of hydrogen-bond acceptors (Lipinski definition) is 5. The molecule has 0 aliphatic carbocycles. The molecule has 122 valence electrons. The fourth-order valence-electron chi connectivity index (χ4n) is 2.21. The molecular weight excluding hydrogens is 300 g/mol. The Morgan fingerprint density at radius 3 is 2.30 bits per heavy atom. The van der Waals surface area contributed by atoms with E-state index in [1.54, 1.807) is 18.2 Å². The van der Waals surface area contributed by atoms with E-state index in [1.165, 1.54) is 25.3 Å². The molecule has 0 amide bonds. The van der Waals surface area contributed by atoms with Crippen molar-refractivity contribution in [3.8, 4) is 0 Å². The second-order valence-electron chi connectivity index (χ2n) is 5.29. The van der Waals surface area contributed by atoms with E-state index in [4.69, 9.17) is 10.2 Å². The Morgan fingerprint density at radius 2 is 1.74 bits per heavy atom. The minimum absolute atomic E-state index is 0.00895. The van der Waals surface area contributed by atoms with Crippen LogP contribution in [0.5, 0.6) is 0 Å². The van der Waals surface area contributed by atoms with Gasteiger partial charge < -0.3 is 10.2 Å². The van der Waals surface area contributed by atoms with Gasteiger partial charge in [0.25, 0.3) is 11.5 Å². The van der Waals surface area contributed by atoms with Gasteiger partial charge in [0.1, 0.15) is 0 Å². The summed E-state index contributed by atoms with van der Waals surface area (Å²) in [7, 11) is 0. The molecule has 1 heterocycles. The number of aliphatic hydroxyl groups is 2. The molecule has 7 heteroatoms. The minimum Gasteiger partial charge on any atom is -0.396 e. The maximum Gasteiger partial charge on any atom is 0.338 e. The van der Waals surface area contributed by atoms with Gasteiger partial charge in [-0.2, -0.15) is 4.57 Å². The molecule has 2 N–H and O–H groups in total. The molecule has 7 nitrogen and oxygen atoms in total. The number of carbonyl (C=O) groups is 1. The van der Waals surface area contributed by atoms with Crippen LogP contribution in [0.1, 0.15) is 15.9 Å². The van der Waals surface area contributed by atoms with Crippen molar-refractivity contribution in [2.45, 2.75) is 13.5 Å². The van der Waals surface area contributed by atoms with E-state index in [2.05, 4.69) is 0 Å². The molecule has 2 rings (SSSR count). The molecule has 23 heavy (non-hydrogen) atoms. The summed E-state index contributed by atoms with van der Waals surface area (Å²) in [5, 5.41) is 18.3. The van der Waals surface area contributed by atoms with E-state index in [0.29, 0.717) is 4.57 Å². The van der Waals surface area contributed by atoms with Gasteiger partial charge >= 0.3 is 5.69 Å². The zero-order chi connectivity index (χ0) is 17.0. The minimum atomic E-state index is -0.790. The van der Waals surface area contributed by atoms with Gasteiger partial charge in [-0.3, -0.25) is 14.2 Å². The molecule has 0 atom stereocenters. The Bertz CT molecular complexity index is 803. The van der Waals surface area contributed by atoms with Crippen LogP contribution in [0.4, 0.5) is 0 Å². The number of aromatic nitrogens is 2. The first-order valence-corrected chi connectivity index (χ1v) is 7.14. The summed E-state index contributed by atoms with van der Waals surface area (Å²) in [6, 6.07) is 8.04. The predicted octanol–water partition coefficient (Wildman–Crippen LogP) is -0.392. The summed E-state index contributed by atoms with van der Waals surface area (Å²) in [6.07, 6.45) is 1.33. The molecule has 1 aromatic carbocycles. The zero-order valence-electron chi connectivity index (χ0n) is 12.7. The van der Waals surface area contributed by atoms with E-state index in [9.17, 15) is 14.4 Å². The Hall–Kier alpha value is -2.51. The topological polar surface area (TPSA) is 102 Å². The molecule has 2 aromatic rings. The van der Waals surface area contributed by atoms with Crippen molar-refractivity contribution in [2.75, 3.05) is 13.2 Å². The molecule has 0 aliphatic rings. The van der Waals surface area contributed by atoms with Crippen LogP contribution in [0.2, 0.25) is 0 Å². The third-order valence-electron chi connectivity index (χ3n) is 3.52. The van der Waals surface area contributed by atoms with Crippen LogP contribution < -0.4 is 11.2 Å². The van der Waals surface area contributed by atoms with Gasteiger partial charge in [-0.25, -0.2) is 4.79 Å². The number of carbonyl (C=O) groups excluding carboxylic acids is 1. The quantitative estimate of drug-likeness (QED) is 0.782. The van der Waals surface area contributed by atoms with Gasteiger partial charge in [-0.1, -0.05) is 18.2 Å². The van der Waals surface area contributed by atoms with Crippen LogP contribution in [0.3, 0.4) is 0 Å². The Morgan fingerprint density at radius 1 is 1.13 bits per heavy atom. The highest BCUT2D eigenvalue weighted by Crippen LogP contribution is 2.02. The number of rotatable bonds is 5. The third kappa shape index (κ3) is 3.46. The lowest BCUT2D eigenvalue weighted by atomic mass is 10.2. The van der Waals surface area contributed by atoms with Crippen LogP contribution in [0, 0.1) is 12.8 Å². The first-order chi connectivity index (χ1) is 11.0. The first-order valence-electron chi connectivity index (χ1n) is 7.14. The number of aryl methyl sites for hydroxylation is 1. The van der Waals surface area contributed by atoms with Gasteiger partial charge in [0.2, 0.25) is 0 Å². The third-order valence-corrected chi connectivity index (χ3v) is 3.52. The van der Waals surface area contributed by atoms with Crippen molar-refractivity contribution >= 4 is 5.91 Å². The molecular formula is C16H18N2O5. The SMILES string of the molecule is Cc1cn(CC(CO)CO)c(=O)n(C(=O)c2ccccc2)c1=O. The lowest BCUT2D eigenvalue weighted by Crippen LogP contribution is -2.45. The second-order valence-corrected chi connectivity index (χ2v) is 5.29. The Kier molecular flexibility index (Phi) is 5.25. The number of nitrogens with zero attached hydrogens (tertiary/aromatic N) is 2. The van der Waals surface area contributed by atoms with E-state index in [0.717, 1.165) is 4.57 Å². The van der Waals surface area contributed by atoms with Crippen LogP contribution in [0.15, 0.2) is 46.1 Å². The molecule has 0 saturated heterocycles.